The van der Waals surface area contributed by atoms with Gasteiger partial charge in [0.1, 0.15) is 0 Å². The average Bonchev–Trinajstić information content (AvgIpc) is 2.53. The van der Waals surface area contributed by atoms with Crippen LogP contribution in [0.1, 0.15) is 23.7 Å². The number of rotatable bonds is 4. The third-order valence-electron chi connectivity index (χ3n) is 4.01. The van der Waals surface area contributed by atoms with Crippen LogP contribution in [-0.4, -0.2) is 35.1 Å². The Morgan fingerprint density at radius 1 is 1.33 bits per heavy atom. The first kappa shape index (κ1) is 16.3. The van der Waals surface area contributed by atoms with Crippen molar-refractivity contribution in [2.75, 3.05) is 14.2 Å². The predicted octanol–water partition coefficient (Wildman–Crippen LogP) is 2.66. The van der Waals surface area contributed by atoms with Crippen molar-refractivity contribution in [3.05, 3.63) is 48.0 Å². The Labute approximate surface area is 137 Å². The second-order valence-electron chi connectivity index (χ2n) is 5.44. The molecule has 4 heteroatoms. The van der Waals surface area contributed by atoms with Crippen molar-refractivity contribution in [2.45, 2.75) is 19.4 Å². The van der Waals surface area contributed by atoms with E-state index < -0.39 is 0 Å². The number of allylic oxidation sites excluding steroid dienone is 1. The monoisotopic (exact) mass is 455 g/mol. The van der Waals surface area contributed by atoms with E-state index in [-0.39, 0.29) is 17.9 Å². The molecule has 0 heterocycles. The van der Waals surface area contributed by atoms with Gasteiger partial charge in [-0.3, -0.25) is 0 Å². The van der Waals surface area contributed by atoms with E-state index in [4.69, 9.17) is 4.74 Å². The predicted molar refractivity (Wildman–Crippen MR) is 80.8 cm³/mol. The Hall–Kier alpha value is -1.05. The minimum absolute atomic E-state index is 0.0530. The Bertz CT molecular complexity index is 541. The van der Waals surface area contributed by atoms with Gasteiger partial charge in [-0.15, -0.1) is 0 Å². The molecule has 3 atom stereocenters. The van der Waals surface area contributed by atoms with Crippen LogP contribution in [0.15, 0.2) is 42.5 Å². The van der Waals surface area contributed by atoms with E-state index in [1.54, 1.807) is 12.0 Å². The number of amides is 1. The summed E-state index contributed by atoms with van der Waals surface area (Å²) in [5, 5.41) is 0. The van der Waals surface area contributed by atoms with E-state index in [1.807, 2.05) is 37.4 Å². The van der Waals surface area contributed by atoms with Gasteiger partial charge in [-0.1, -0.05) is 0 Å². The summed E-state index contributed by atoms with van der Waals surface area (Å²) in [6.07, 6.45) is 5.40. The van der Waals surface area contributed by atoms with Crippen LogP contribution in [0.4, 0.5) is 0 Å². The van der Waals surface area contributed by atoms with Crippen LogP contribution in [0.2, 0.25) is 0 Å². The summed E-state index contributed by atoms with van der Waals surface area (Å²) in [5.74, 6) is 0.809. The van der Waals surface area contributed by atoms with Crippen LogP contribution in [0.25, 0.3) is 0 Å². The summed E-state index contributed by atoms with van der Waals surface area (Å²) in [6.45, 7) is 2.23. The van der Waals surface area contributed by atoms with Crippen molar-refractivity contribution in [2.24, 2.45) is 11.8 Å². The molecular formula is C17H21NO2W. The minimum atomic E-state index is 0.0530. The van der Waals surface area contributed by atoms with Crippen molar-refractivity contribution in [3.8, 4) is 0 Å². The fourth-order valence-electron chi connectivity index (χ4n) is 2.72. The third kappa shape index (κ3) is 3.59. The summed E-state index contributed by atoms with van der Waals surface area (Å²) in [7, 11) is 3.61. The molecule has 0 saturated carbocycles. The Morgan fingerprint density at radius 3 is 2.62 bits per heavy atom. The first-order chi connectivity index (χ1) is 10.1. The molecule has 1 aromatic rings. The molecule has 1 aromatic carbocycles. The molecule has 112 valence electrons. The first-order valence-electron chi connectivity index (χ1n) is 7.12. The fourth-order valence-corrected chi connectivity index (χ4v) is 4.34. The number of methoxy groups -OCH3 is 1. The van der Waals surface area contributed by atoms with Gasteiger partial charge >= 0.3 is 137 Å². The number of ether oxygens (including phenoxy) is 1. The summed E-state index contributed by atoms with van der Waals surface area (Å²) < 4.78 is 6.74. The zero-order valence-corrected chi connectivity index (χ0v) is 15.6. The second-order valence-corrected chi connectivity index (χ2v) is 6.94. The van der Waals surface area contributed by atoms with Crippen molar-refractivity contribution in [1.82, 2.24) is 4.90 Å². The molecule has 1 aliphatic carbocycles. The Kier molecular flexibility index (Phi) is 5.66. The van der Waals surface area contributed by atoms with Crippen molar-refractivity contribution in [1.29, 1.82) is 0 Å². The van der Waals surface area contributed by atoms with E-state index in [1.165, 1.54) is 19.4 Å². The van der Waals surface area contributed by atoms with Gasteiger partial charge in [-0.25, -0.2) is 0 Å². The van der Waals surface area contributed by atoms with Crippen LogP contribution in [0.3, 0.4) is 0 Å². The Morgan fingerprint density at radius 2 is 2.00 bits per heavy atom. The Balaban J connectivity index is 2.18. The molecular weight excluding hydrogens is 434 g/mol. The van der Waals surface area contributed by atoms with Gasteiger partial charge < -0.3 is 0 Å². The molecule has 3 nitrogen and oxygen atoms in total. The maximum absolute atomic E-state index is 12.6. The van der Waals surface area contributed by atoms with Gasteiger partial charge in [-0.05, 0) is 0 Å². The molecule has 0 unspecified atom stereocenters. The van der Waals surface area contributed by atoms with Crippen molar-refractivity contribution in [3.63, 3.8) is 0 Å². The normalized spacial score (nSPS) is 24.6. The van der Waals surface area contributed by atoms with Crippen molar-refractivity contribution < 1.29 is 28.9 Å². The van der Waals surface area contributed by atoms with Gasteiger partial charge in [-0.2, -0.15) is 0 Å². The molecule has 1 amide bonds. The summed E-state index contributed by atoms with van der Waals surface area (Å²) >= 11 is 1.32. The van der Waals surface area contributed by atoms with Gasteiger partial charge in [0.2, 0.25) is 0 Å². The summed E-state index contributed by atoms with van der Waals surface area (Å²) in [6, 6.07) is 9.44. The molecule has 0 bridgehead atoms. The zero-order valence-electron chi connectivity index (χ0n) is 12.7. The summed E-state index contributed by atoms with van der Waals surface area (Å²) in [4.78, 5) is 14.4. The molecule has 0 aromatic heterocycles. The van der Waals surface area contributed by atoms with Crippen molar-refractivity contribution >= 4 is 9.93 Å². The van der Waals surface area contributed by atoms with E-state index in [2.05, 4.69) is 19.1 Å². The quantitative estimate of drug-likeness (QED) is 0.654. The van der Waals surface area contributed by atoms with Crippen LogP contribution in [-0.2, 0) is 24.1 Å². The fraction of sp³-hybridized carbons (Fsp3) is 0.412. The van der Waals surface area contributed by atoms with Crippen LogP contribution >= 0.6 is 0 Å². The number of hydrogen-bond acceptors (Lipinski definition) is 2. The molecule has 0 aliphatic heterocycles. The number of nitrogens with zero attached hydrogens (tertiary/aromatic N) is 1. The van der Waals surface area contributed by atoms with Crippen LogP contribution in [0, 0.1) is 11.8 Å². The topological polar surface area (TPSA) is 29.5 Å². The molecule has 2 rings (SSSR count). The number of hydrogen-bond donors (Lipinski definition) is 0. The van der Waals surface area contributed by atoms with Crippen LogP contribution < -0.4 is 0 Å². The van der Waals surface area contributed by atoms with E-state index >= 15 is 0 Å². The van der Waals surface area contributed by atoms with Gasteiger partial charge in [0.15, 0.2) is 0 Å². The molecule has 0 spiro atoms. The van der Waals surface area contributed by atoms with Gasteiger partial charge in [0, 0.05) is 0 Å². The molecule has 0 fully saturated rings. The molecule has 0 N–H and O–H groups in total. The standard InChI is InChI=1S/C17H21NO2.W/c1-13-8-7-11-16(20-3)15(13)12-18(2)17(19)14-9-5-4-6-10-14;/h4-7,9-11,13,15-16H,8H2,1-3H3;/t13-,15+,16+;/m1./s1. The summed E-state index contributed by atoms with van der Waals surface area (Å²) in [5.41, 5.74) is 0.728. The SMILES string of the molecule is CO[C@H]1C=CC[C@@H](C)[C@@H]1[C](=[W])N(C)C(=O)c1ccccc1. The average molecular weight is 455 g/mol. The third-order valence-corrected chi connectivity index (χ3v) is 5.98. The maximum atomic E-state index is 12.6. The van der Waals surface area contributed by atoms with E-state index in [0.29, 0.717) is 5.92 Å². The van der Waals surface area contributed by atoms with E-state index in [0.717, 1.165) is 16.0 Å². The molecule has 0 saturated heterocycles. The number of carbonyl (C=O) groups is 1. The van der Waals surface area contributed by atoms with Crippen LogP contribution in [0.5, 0.6) is 0 Å². The second kappa shape index (κ2) is 7.28. The zero-order chi connectivity index (χ0) is 15.4. The van der Waals surface area contributed by atoms with Gasteiger partial charge in [0.25, 0.3) is 0 Å². The molecule has 0 radical (unpaired) electrons. The van der Waals surface area contributed by atoms with E-state index in [9.17, 15) is 4.79 Å². The molecule has 21 heavy (non-hydrogen) atoms. The number of carbonyl (C=O) groups excluding carboxylic acids is 1. The first-order valence-corrected chi connectivity index (χ1v) is 8.59. The number of benzene rings is 1. The molecule has 1 aliphatic rings. The van der Waals surface area contributed by atoms with Gasteiger partial charge in [0.05, 0.1) is 0 Å².